The largest absolute Gasteiger partial charge is 0.460 e. The van der Waals surface area contributed by atoms with Gasteiger partial charge in [-0.3, -0.25) is 4.79 Å². The summed E-state index contributed by atoms with van der Waals surface area (Å²) < 4.78 is 5.68. The van der Waals surface area contributed by atoms with Crippen LogP contribution in [0, 0.1) is 5.41 Å². The Hall–Kier alpha value is -1.06. The Labute approximate surface area is 132 Å². The number of benzene rings is 1. The Morgan fingerprint density at radius 2 is 1.90 bits per heavy atom. The molecule has 0 saturated carbocycles. The van der Waals surface area contributed by atoms with Crippen LogP contribution in [0.1, 0.15) is 39.2 Å². The molecule has 1 heterocycles. The fraction of sp³-hybridized carbons (Fsp3) is 0.588. The second kappa shape index (κ2) is 6.37. The number of carbonyl (C=O) groups excluding carboxylic acids is 1. The molecule has 1 aromatic carbocycles. The highest BCUT2D eigenvalue weighted by atomic mass is 35.5. The van der Waals surface area contributed by atoms with Crippen LogP contribution in [-0.2, 0) is 16.0 Å². The minimum absolute atomic E-state index is 0.101. The van der Waals surface area contributed by atoms with Crippen molar-refractivity contribution in [2.75, 3.05) is 13.1 Å². The molecule has 1 saturated heterocycles. The zero-order chi connectivity index (χ0) is 15.5. The lowest BCUT2D eigenvalue weighted by Crippen LogP contribution is -2.46. The van der Waals surface area contributed by atoms with Crippen molar-refractivity contribution in [2.45, 2.75) is 45.6 Å². The lowest BCUT2D eigenvalue weighted by molar-refractivity contribution is -0.169. The van der Waals surface area contributed by atoms with Gasteiger partial charge in [-0.15, -0.1) is 0 Å². The maximum Gasteiger partial charge on any atom is 0.313 e. The first kappa shape index (κ1) is 16.3. The van der Waals surface area contributed by atoms with Gasteiger partial charge in [0.15, 0.2) is 0 Å². The van der Waals surface area contributed by atoms with Gasteiger partial charge in [-0.2, -0.15) is 0 Å². The van der Waals surface area contributed by atoms with Gasteiger partial charge in [0, 0.05) is 5.02 Å². The third kappa shape index (κ3) is 4.21. The van der Waals surface area contributed by atoms with Crippen LogP contribution >= 0.6 is 11.6 Å². The average Bonchev–Trinajstić information content (AvgIpc) is 2.40. The number of halogens is 1. The molecule has 0 amide bonds. The van der Waals surface area contributed by atoms with E-state index in [1.807, 2.05) is 45.0 Å². The van der Waals surface area contributed by atoms with Crippen molar-refractivity contribution in [3.63, 3.8) is 0 Å². The predicted octanol–water partition coefficient (Wildman–Crippen LogP) is 3.59. The topological polar surface area (TPSA) is 38.3 Å². The normalized spacial score (nSPS) is 18.3. The van der Waals surface area contributed by atoms with Gasteiger partial charge in [-0.1, -0.05) is 29.8 Å². The molecule has 0 aliphatic carbocycles. The van der Waals surface area contributed by atoms with E-state index >= 15 is 0 Å². The summed E-state index contributed by atoms with van der Waals surface area (Å²) in [5.74, 6) is -0.101. The number of ether oxygens (including phenoxy) is 1. The van der Waals surface area contributed by atoms with Crippen molar-refractivity contribution in [1.29, 1.82) is 0 Å². The summed E-state index contributed by atoms with van der Waals surface area (Å²) in [6.07, 6.45) is 2.21. The van der Waals surface area contributed by atoms with Crippen LogP contribution in [0.2, 0.25) is 5.02 Å². The first-order valence-corrected chi connectivity index (χ1v) is 7.88. The molecule has 2 rings (SSSR count). The molecule has 1 aromatic rings. The molecule has 1 fully saturated rings. The molecule has 0 unspecified atom stereocenters. The molecule has 1 aliphatic heterocycles. The second-order valence-corrected chi connectivity index (χ2v) is 7.21. The quantitative estimate of drug-likeness (QED) is 0.867. The van der Waals surface area contributed by atoms with Gasteiger partial charge in [0.1, 0.15) is 5.60 Å². The number of esters is 1. The highest BCUT2D eigenvalue weighted by molar-refractivity contribution is 6.31. The van der Waals surface area contributed by atoms with Gasteiger partial charge in [0.05, 0.1) is 5.41 Å². The molecule has 0 radical (unpaired) electrons. The summed E-state index contributed by atoms with van der Waals surface area (Å²) in [5, 5.41) is 4.04. The molecule has 3 nitrogen and oxygen atoms in total. The minimum Gasteiger partial charge on any atom is -0.460 e. The van der Waals surface area contributed by atoms with E-state index in [9.17, 15) is 4.79 Å². The third-order valence-electron chi connectivity index (χ3n) is 3.88. The Bertz CT molecular complexity index is 502. The maximum atomic E-state index is 12.8. The number of hydrogen-bond acceptors (Lipinski definition) is 3. The molecule has 0 bridgehead atoms. The summed E-state index contributed by atoms with van der Waals surface area (Å²) in [5.41, 5.74) is 0.0887. The zero-order valence-electron chi connectivity index (χ0n) is 13.0. The van der Waals surface area contributed by atoms with Gasteiger partial charge >= 0.3 is 5.97 Å². The van der Waals surface area contributed by atoms with E-state index in [1.54, 1.807) is 0 Å². The summed E-state index contributed by atoms with van der Waals surface area (Å²) in [6, 6.07) is 7.75. The molecule has 1 N–H and O–H groups in total. The lowest BCUT2D eigenvalue weighted by atomic mass is 9.74. The number of piperidine rings is 1. The van der Waals surface area contributed by atoms with E-state index in [1.165, 1.54) is 0 Å². The molecule has 0 atom stereocenters. The molecular formula is C17H24ClNO2. The molecule has 0 aromatic heterocycles. The molecule has 116 valence electrons. The van der Waals surface area contributed by atoms with Gasteiger partial charge in [0.2, 0.25) is 0 Å². The zero-order valence-corrected chi connectivity index (χ0v) is 13.8. The predicted molar refractivity (Wildman–Crippen MR) is 85.5 cm³/mol. The first-order valence-electron chi connectivity index (χ1n) is 7.50. The van der Waals surface area contributed by atoms with Crippen molar-refractivity contribution in [3.05, 3.63) is 34.9 Å². The number of carbonyl (C=O) groups is 1. The van der Waals surface area contributed by atoms with Crippen molar-refractivity contribution in [2.24, 2.45) is 5.41 Å². The fourth-order valence-corrected chi connectivity index (χ4v) is 2.95. The molecule has 1 aliphatic rings. The number of rotatable bonds is 3. The second-order valence-electron chi connectivity index (χ2n) is 6.80. The van der Waals surface area contributed by atoms with Gasteiger partial charge in [-0.05, 0) is 64.8 Å². The first-order chi connectivity index (χ1) is 9.82. The van der Waals surface area contributed by atoms with Crippen LogP contribution in [0.5, 0.6) is 0 Å². The summed E-state index contributed by atoms with van der Waals surface area (Å²) in [4.78, 5) is 12.8. The fourth-order valence-electron chi connectivity index (χ4n) is 2.75. The van der Waals surface area contributed by atoms with Crippen LogP contribution in [0.25, 0.3) is 0 Å². The van der Waals surface area contributed by atoms with E-state index in [0.717, 1.165) is 36.5 Å². The van der Waals surface area contributed by atoms with Crippen LogP contribution in [0.15, 0.2) is 24.3 Å². The third-order valence-corrected chi connectivity index (χ3v) is 4.25. The lowest BCUT2D eigenvalue weighted by Gasteiger charge is -2.37. The summed E-state index contributed by atoms with van der Waals surface area (Å²) in [6.45, 7) is 7.41. The van der Waals surface area contributed by atoms with Crippen LogP contribution in [-0.4, -0.2) is 24.7 Å². The highest BCUT2D eigenvalue weighted by Crippen LogP contribution is 2.37. The van der Waals surface area contributed by atoms with Crippen molar-refractivity contribution < 1.29 is 9.53 Å². The van der Waals surface area contributed by atoms with Gasteiger partial charge < -0.3 is 10.1 Å². The Kier molecular flexibility index (Phi) is 4.95. The van der Waals surface area contributed by atoms with E-state index in [-0.39, 0.29) is 5.97 Å². The molecule has 21 heavy (non-hydrogen) atoms. The number of nitrogens with one attached hydrogen (secondary N) is 1. The Balaban J connectivity index is 2.25. The average molecular weight is 310 g/mol. The van der Waals surface area contributed by atoms with E-state index in [2.05, 4.69) is 5.32 Å². The summed E-state index contributed by atoms with van der Waals surface area (Å²) >= 11 is 6.28. The van der Waals surface area contributed by atoms with Crippen molar-refractivity contribution in [1.82, 2.24) is 5.32 Å². The van der Waals surface area contributed by atoms with E-state index < -0.39 is 11.0 Å². The smallest absolute Gasteiger partial charge is 0.313 e. The van der Waals surface area contributed by atoms with Crippen LogP contribution in [0.4, 0.5) is 0 Å². The van der Waals surface area contributed by atoms with Crippen molar-refractivity contribution in [3.8, 4) is 0 Å². The van der Waals surface area contributed by atoms with Crippen molar-refractivity contribution >= 4 is 17.6 Å². The van der Waals surface area contributed by atoms with Gasteiger partial charge in [-0.25, -0.2) is 0 Å². The Morgan fingerprint density at radius 1 is 1.29 bits per heavy atom. The highest BCUT2D eigenvalue weighted by Gasteiger charge is 2.42. The molecule has 4 heteroatoms. The maximum absolute atomic E-state index is 12.8. The molecule has 0 spiro atoms. The molecular weight excluding hydrogens is 286 g/mol. The summed E-state index contributed by atoms with van der Waals surface area (Å²) in [7, 11) is 0. The minimum atomic E-state index is -0.469. The number of hydrogen-bond donors (Lipinski definition) is 1. The monoisotopic (exact) mass is 309 g/mol. The van der Waals surface area contributed by atoms with Crippen LogP contribution in [0.3, 0.4) is 0 Å². The van der Waals surface area contributed by atoms with Crippen LogP contribution < -0.4 is 5.32 Å². The Morgan fingerprint density at radius 3 is 2.48 bits per heavy atom. The van der Waals surface area contributed by atoms with E-state index in [4.69, 9.17) is 16.3 Å². The standard InChI is InChI=1S/C17H24ClNO2/c1-16(2,3)21-15(20)17(8-10-19-11-9-17)12-13-6-4-5-7-14(13)18/h4-7,19H,8-12H2,1-3H3. The van der Waals surface area contributed by atoms with Gasteiger partial charge in [0.25, 0.3) is 0 Å². The SMILES string of the molecule is CC(C)(C)OC(=O)C1(Cc2ccccc2Cl)CCNCC1. The van der Waals surface area contributed by atoms with E-state index in [0.29, 0.717) is 6.42 Å².